The maximum Gasteiger partial charge on any atom is 0.240 e. The third-order valence-electron chi connectivity index (χ3n) is 7.46. The molecule has 4 N–H and O–H groups in total. The number of hydrogen-bond acceptors (Lipinski definition) is 6. The number of benzene rings is 1. The number of allylic oxidation sites excluding steroid dienone is 2. The lowest BCUT2D eigenvalue weighted by Crippen LogP contribution is -2.49. The molecule has 7 heteroatoms. The lowest BCUT2D eigenvalue weighted by molar-refractivity contribution is -0.181. The number of nitrogens with one attached hydrogen (secondary N) is 1. The molecule has 7 nitrogen and oxygen atoms in total. The van der Waals surface area contributed by atoms with E-state index in [-0.39, 0.29) is 12.5 Å². The third-order valence-corrected chi connectivity index (χ3v) is 7.46. The molecule has 1 unspecified atom stereocenters. The van der Waals surface area contributed by atoms with Crippen LogP contribution in [-0.4, -0.2) is 63.3 Å². The molecule has 1 saturated carbocycles. The van der Waals surface area contributed by atoms with Crippen molar-refractivity contribution in [3.63, 3.8) is 0 Å². The molecule has 5 atom stereocenters. The molecule has 1 amide bonds. The predicted molar refractivity (Wildman–Crippen MR) is 133 cm³/mol. The molecule has 4 rings (SSSR count). The fourth-order valence-electron chi connectivity index (χ4n) is 5.47. The summed E-state index contributed by atoms with van der Waals surface area (Å²) in [4.78, 5) is 19.3. The summed E-state index contributed by atoms with van der Waals surface area (Å²) in [6.45, 7) is 2.24. The Morgan fingerprint density at radius 2 is 2.11 bits per heavy atom. The van der Waals surface area contributed by atoms with Crippen LogP contribution in [-0.2, 0) is 16.2 Å². The monoisotopic (exact) mass is 482 g/mol. The van der Waals surface area contributed by atoms with E-state index in [4.69, 9.17) is 4.84 Å². The van der Waals surface area contributed by atoms with Crippen molar-refractivity contribution in [3.05, 3.63) is 47.5 Å². The van der Waals surface area contributed by atoms with Crippen molar-refractivity contribution in [1.29, 1.82) is 0 Å². The molecular weight excluding hydrogens is 444 g/mol. The SMILES string of the molecule is C[C@@H](O)[C@H]1[C@@H](CO)ON(Cc2cccc(C#CC3(O)CCCC3)c2)[C@H]1C(=O)NCC1CC=CCC1. The molecule has 1 aliphatic heterocycles. The first-order valence-electron chi connectivity index (χ1n) is 12.9. The second kappa shape index (κ2) is 11.7. The standard InChI is InChI=1S/C28H38N2O5/c1-20(32)25-24(19-31)35-30(26(25)27(33)29-17-22-8-3-2-4-9-22)18-23-11-7-10-21(16-23)12-15-28(34)13-5-6-14-28/h2-3,7,10-11,16,20,22,24-26,31-32,34H,4-6,8-9,13-14,17-19H2,1H3,(H,29,33)/t20-,22?,24-,25+,26-/m1/s1. The van der Waals surface area contributed by atoms with Gasteiger partial charge in [0.05, 0.1) is 19.3 Å². The molecule has 0 bridgehead atoms. The van der Waals surface area contributed by atoms with E-state index >= 15 is 0 Å². The number of hydrogen-bond donors (Lipinski definition) is 4. The molecule has 2 aliphatic carbocycles. The summed E-state index contributed by atoms with van der Waals surface area (Å²) in [5.41, 5.74) is 0.789. The van der Waals surface area contributed by atoms with Gasteiger partial charge in [0.1, 0.15) is 17.7 Å². The number of aliphatic hydroxyl groups is 3. The molecule has 3 aliphatic rings. The fraction of sp³-hybridized carbons (Fsp3) is 0.607. The summed E-state index contributed by atoms with van der Waals surface area (Å²) in [6, 6.07) is 6.95. The first-order valence-corrected chi connectivity index (χ1v) is 12.9. The van der Waals surface area contributed by atoms with E-state index in [9.17, 15) is 20.1 Å². The quantitative estimate of drug-likeness (QED) is 0.351. The van der Waals surface area contributed by atoms with E-state index in [0.29, 0.717) is 31.8 Å². The van der Waals surface area contributed by atoms with Crippen LogP contribution in [0.2, 0.25) is 0 Å². The predicted octanol–water partition coefficient (Wildman–Crippen LogP) is 2.29. The maximum atomic E-state index is 13.3. The summed E-state index contributed by atoms with van der Waals surface area (Å²) >= 11 is 0. The molecule has 1 heterocycles. The number of rotatable bonds is 7. The highest BCUT2D eigenvalue weighted by Crippen LogP contribution is 2.32. The van der Waals surface area contributed by atoms with Gasteiger partial charge in [-0.05, 0) is 75.5 Å². The smallest absolute Gasteiger partial charge is 0.240 e. The summed E-state index contributed by atoms with van der Waals surface area (Å²) in [5.74, 6) is 5.80. The van der Waals surface area contributed by atoms with Crippen LogP contribution in [0, 0.1) is 23.7 Å². The van der Waals surface area contributed by atoms with Crippen molar-refractivity contribution in [1.82, 2.24) is 10.4 Å². The lowest BCUT2D eigenvalue weighted by atomic mass is 9.89. The molecule has 2 fully saturated rings. The summed E-state index contributed by atoms with van der Waals surface area (Å²) in [7, 11) is 0. The van der Waals surface area contributed by atoms with E-state index in [1.165, 1.54) is 0 Å². The number of carbonyl (C=O) groups is 1. The van der Waals surface area contributed by atoms with Crippen molar-refractivity contribution in [2.75, 3.05) is 13.2 Å². The normalized spacial score (nSPS) is 28.9. The van der Waals surface area contributed by atoms with Crippen LogP contribution in [0.1, 0.15) is 63.0 Å². The number of amides is 1. The van der Waals surface area contributed by atoms with Crippen LogP contribution in [0.4, 0.5) is 0 Å². The van der Waals surface area contributed by atoms with Gasteiger partial charge >= 0.3 is 0 Å². The number of aliphatic hydroxyl groups excluding tert-OH is 2. The number of carbonyl (C=O) groups excluding carboxylic acids is 1. The molecular formula is C28H38N2O5. The van der Waals surface area contributed by atoms with Crippen LogP contribution in [0.25, 0.3) is 0 Å². The molecule has 1 aromatic carbocycles. The van der Waals surface area contributed by atoms with Crippen molar-refractivity contribution >= 4 is 5.91 Å². The van der Waals surface area contributed by atoms with Gasteiger partial charge in [0.2, 0.25) is 5.91 Å². The number of hydroxylamine groups is 2. The topological polar surface area (TPSA) is 102 Å². The van der Waals surface area contributed by atoms with E-state index in [0.717, 1.165) is 43.2 Å². The Morgan fingerprint density at radius 1 is 1.31 bits per heavy atom. The first-order chi connectivity index (χ1) is 16.9. The Morgan fingerprint density at radius 3 is 2.80 bits per heavy atom. The zero-order chi connectivity index (χ0) is 24.8. The highest BCUT2D eigenvalue weighted by molar-refractivity contribution is 5.82. The summed E-state index contributed by atoms with van der Waals surface area (Å²) in [6.07, 6.45) is 9.27. The molecule has 1 saturated heterocycles. The van der Waals surface area contributed by atoms with Gasteiger partial charge in [-0.3, -0.25) is 9.63 Å². The van der Waals surface area contributed by atoms with Crippen molar-refractivity contribution < 1.29 is 25.0 Å². The van der Waals surface area contributed by atoms with Crippen molar-refractivity contribution in [2.24, 2.45) is 11.8 Å². The molecule has 0 spiro atoms. The zero-order valence-electron chi connectivity index (χ0n) is 20.5. The Balaban J connectivity index is 1.48. The van der Waals surface area contributed by atoms with Crippen LogP contribution in [0.5, 0.6) is 0 Å². The fourth-order valence-corrected chi connectivity index (χ4v) is 5.47. The van der Waals surface area contributed by atoms with Gasteiger partial charge in [-0.2, -0.15) is 5.06 Å². The molecule has 35 heavy (non-hydrogen) atoms. The van der Waals surface area contributed by atoms with Crippen LogP contribution in [0.3, 0.4) is 0 Å². The van der Waals surface area contributed by atoms with Crippen molar-refractivity contribution in [3.8, 4) is 11.8 Å². The van der Waals surface area contributed by atoms with Gasteiger partial charge in [-0.25, -0.2) is 0 Å². The van der Waals surface area contributed by atoms with Crippen LogP contribution >= 0.6 is 0 Å². The van der Waals surface area contributed by atoms with Crippen LogP contribution < -0.4 is 5.32 Å². The van der Waals surface area contributed by atoms with E-state index in [2.05, 4.69) is 29.3 Å². The van der Waals surface area contributed by atoms with Crippen LogP contribution in [0.15, 0.2) is 36.4 Å². The zero-order valence-corrected chi connectivity index (χ0v) is 20.5. The third kappa shape index (κ3) is 6.52. The van der Waals surface area contributed by atoms with Gasteiger partial charge < -0.3 is 20.6 Å². The maximum absolute atomic E-state index is 13.3. The van der Waals surface area contributed by atoms with E-state index in [1.54, 1.807) is 12.0 Å². The highest BCUT2D eigenvalue weighted by atomic mass is 16.7. The lowest BCUT2D eigenvalue weighted by Gasteiger charge is -2.27. The van der Waals surface area contributed by atoms with Gasteiger partial charge in [-0.15, -0.1) is 0 Å². The molecule has 190 valence electrons. The minimum atomic E-state index is -0.899. The molecule has 1 aromatic rings. The van der Waals surface area contributed by atoms with Gasteiger partial charge in [0.15, 0.2) is 0 Å². The Hall–Kier alpha value is -2.21. The summed E-state index contributed by atoms with van der Waals surface area (Å²) in [5, 5.41) is 35.6. The van der Waals surface area contributed by atoms with Gasteiger partial charge in [0.25, 0.3) is 0 Å². The average Bonchev–Trinajstić information content (AvgIpc) is 3.46. The Labute approximate surface area is 208 Å². The van der Waals surface area contributed by atoms with E-state index < -0.39 is 29.8 Å². The van der Waals surface area contributed by atoms with Gasteiger partial charge in [0, 0.05) is 18.0 Å². The Bertz CT molecular complexity index is 960. The largest absolute Gasteiger partial charge is 0.394 e. The van der Waals surface area contributed by atoms with Gasteiger partial charge in [-0.1, -0.05) is 36.1 Å². The summed E-state index contributed by atoms with van der Waals surface area (Å²) < 4.78 is 0. The van der Waals surface area contributed by atoms with E-state index in [1.807, 2.05) is 24.3 Å². The molecule has 0 radical (unpaired) electrons. The number of nitrogens with zero attached hydrogens (tertiary/aromatic N) is 1. The highest BCUT2D eigenvalue weighted by Gasteiger charge is 2.49. The molecule has 0 aromatic heterocycles. The minimum absolute atomic E-state index is 0.194. The van der Waals surface area contributed by atoms with Crippen molar-refractivity contribution in [2.45, 2.75) is 82.3 Å². The Kier molecular flexibility index (Phi) is 8.64. The second-order valence-corrected chi connectivity index (χ2v) is 10.2. The minimum Gasteiger partial charge on any atom is -0.394 e. The first kappa shape index (κ1) is 25.9. The second-order valence-electron chi connectivity index (χ2n) is 10.2. The average molecular weight is 483 g/mol.